The largest absolute Gasteiger partial charge is 0.387 e. The third-order valence-electron chi connectivity index (χ3n) is 6.16. The van der Waals surface area contributed by atoms with Crippen molar-refractivity contribution in [2.75, 3.05) is 0 Å². The molecule has 0 saturated carbocycles. The normalized spacial score (nSPS) is 33.7. The Balaban J connectivity index is 1.56. The van der Waals surface area contributed by atoms with Gasteiger partial charge in [-0.05, 0) is 43.2 Å². The van der Waals surface area contributed by atoms with Crippen molar-refractivity contribution in [1.29, 1.82) is 0 Å². The lowest BCUT2D eigenvalue weighted by Crippen LogP contribution is -2.49. The number of ether oxygens (including phenoxy) is 2. The van der Waals surface area contributed by atoms with Gasteiger partial charge in [-0.15, -0.1) is 0 Å². The molecule has 30 heavy (non-hydrogen) atoms. The van der Waals surface area contributed by atoms with Crippen molar-refractivity contribution in [3.8, 4) is 0 Å². The van der Waals surface area contributed by atoms with E-state index in [-0.39, 0.29) is 6.42 Å². The summed E-state index contributed by atoms with van der Waals surface area (Å²) >= 11 is 6.12. The summed E-state index contributed by atoms with van der Waals surface area (Å²) in [4.78, 5) is 8.51. The number of nitrogens with zero attached hydrogens (tertiary/aromatic N) is 3. The Morgan fingerprint density at radius 3 is 2.80 bits per heavy atom. The predicted octanol–water partition coefficient (Wildman–Crippen LogP) is 2.03. The summed E-state index contributed by atoms with van der Waals surface area (Å²) in [6, 6.07) is 7.15. The van der Waals surface area contributed by atoms with Gasteiger partial charge in [-0.3, -0.25) is 0 Å². The molecule has 2 aliphatic heterocycles. The standard InChI is InChI=1S/C21H22ClN3O5/c1-10-13-5-6-25(19(13)24-9-23-10)20-16(27)17(28)21(2,30-20)18-14-4-3-12(22)7-11(14)8-15(26)29-18/h3-7,9,15-18,20,26-28H,8H2,1-2H3/t15?,16-,17+,18-,20-,21?/m1/s1. The van der Waals surface area contributed by atoms with Gasteiger partial charge in [0.05, 0.1) is 5.69 Å². The zero-order valence-electron chi connectivity index (χ0n) is 16.4. The first kappa shape index (κ1) is 19.9. The number of hydrogen-bond acceptors (Lipinski definition) is 7. The second-order valence-corrected chi connectivity index (χ2v) is 8.50. The summed E-state index contributed by atoms with van der Waals surface area (Å²) in [5, 5.41) is 33.6. The van der Waals surface area contributed by atoms with Gasteiger partial charge in [-0.2, -0.15) is 0 Å². The molecule has 0 amide bonds. The van der Waals surface area contributed by atoms with Gasteiger partial charge < -0.3 is 29.4 Å². The summed E-state index contributed by atoms with van der Waals surface area (Å²) in [5.41, 5.74) is 1.65. The van der Waals surface area contributed by atoms with Crippen LogP contribution >= 0.6 is 11.6 Å². The van der Waals surface area contributed by atoms with Gasteiger partial charge in [0.1, 0.15) is 35.9 Å². The minimum absolute atomic E-state index is 0.281. The van der Waals surface area contributed by atoms with Gasteiger partial charge >= 0.3 is 0 Å². The highest BCUT2D eigenvalue weighted by Crippen LogP contribution is 2.49. The van der Waals surface area contributed by atoms with Gasteiger partial charge in [0.25, 0.3) is 0 Å². The highest BCUT2D eigenvalue weighted by atomic mass is 35.5. The molecule has 5 rings (SSSR count). The van der Waals surface area contributed by atoms with Gasteiger partial charge in [-0.1, -0.05) is 17.7 Å². The molecule has 0 spiro atoms. The number of aliphatic hydroxyl groups is 3. The minimum atomic E-state index is -1.33. The van der Waals surface area contributed by atoms with Crippen molar-refractivity contribution < 1.29 is 24.8 Å². The van der Waals surface area contributed by atoms with E-state index in [0.29, 0.717) is 10.7 Å². The van der Waals surface area contributed by atoms with Crippen molar-refractivity contribution >= 4 is 22.6 Å². The molecule has 2 unspecified atom stereocenters. The Hall–Kier alpha value is -2.07. The first-order valence-corrected chi connectivity index (χ1v) is 10.1. The second kappa shape index (κ2) is 6.98. The molecule has 3 N–H and O–H groups in total. The summed E-state index contributed by atoms with van der Waals surface area (Å²) in [7, 11) is 0. The molecule has 0 radical (unpaired) electrons. The van der Waals surface area contributed by atoms with Crippen molar-refractivity contribution in [2.24, 2.45) is 0 Å². The molecule has 0 bridgehead atoms. The topological polar surface area (TPSA) is 110 Å². The smallest absolute Gasteiger partial charge is 0.164 e. The Morgan fingerprint density at radius 1 is 1.20 bits per heavy atom. The maximum Gasteiger partial charge on any atom is 0.164 e. The lowest BCUT2D eigenvalue weighted by Gasteiger charge is -2.40. The Labute approximate surface area is 177 Å². The van der Waals surface area contributed by atoms with Crippen molar-refractivity contribution in [3.05, 3.63) is 58.6 Å². The molecule has 3 aromatic rings. The fraction of sp³-hybridized carbons (Fsp3) is 0.429. The van der Waals surface area contributed by atoms with Crippen LogP contribution in [0.4, 0.5) is 0 Å². The zero-order chi connectivity index (χ0) is 21.2. The molecule has 6 atom stereocenters. The Morgan fingerprint density at radius 2 is 2.00 bits per heavy atom. The number of aliphatic hydroxyl groups excluding tert-OH is 3. The van der Waals surface area contributed by atoms with Crippen LogP contribution in [0.2, 0.25) is 5.02 Å². The third kappa shape index (κ3) is 2.87. The SMILES string of the molecule is Cc1ncnc2c1ccn2[C@@H]1OC(C)([C@@H]2OC(O)Cc3cc(Cl)ccc32)[C@@H](O)[C@H]1O. The summed E-state index contributed by atoms with van der Waals surface area (Å²) in [5.74, 6) is 0. The molecule has 2 aliphatic rings. The van der Waals surface area contributed by atoms with Crippen LogP contribution in [0.1, 0.15) is 36.1 Å². The van der Waals surface area contributed by atoms with Gasteiger partial charge in [0, 0.05) is 23.0 Å². The molecule has 9 heteroatoms. The molecule has 2 aromatic heterocycles. The van der Waals surface area contributed by atoms with Crippen LogP contribution in [0, 0.1) is 6.92 Å². The molecule has 4 heterocycles. The van der Waals surface area contributed by atoms with E-state index in [2.05, 4.69) is 9.97 Å². The summed E-state index contributed by atoms with van der Waals surface area (Å²) < 4.78 is 13.8. The lowest BCUT2D eigenvalue weighted by molar-refractivity contribution is -0.232. The highest BCUT2D eigenvalue weighted by Gasteiger charge is 2.58. The minimum Gasteiger partial charge on any atom is -0.387 e. The van der Waals surface area contributed by atoms with E-state index < -0.39 is 36.4 Å². The fourth-order valence-electron chi connectivity index (χ4n) is 4.55. The van der Waals surface area contributed by atoms with Crippen molar-refractivity contribution in [2.45, 2.75) is 56.7 Å². The van der Waals surface area contributed by atoms with E-state index in [1.807, 2.05) is 13.0 Å². The molecule has 0 aliphatic carbocycles. The predicted molar refractivity (Wildman–Crippen MR) is 108 cm³/mol. The molecule has 158 valence electrons. The van der Waals surface area contributed by atoms with Crippen LogP contribution in [0.3, 0.4) is 0 Å². The van der Waals surface area contributed by atoms with E-state index in [1.54, 1.807) is 35.9 Å². The number of halogens is 1. The quantitative estimate of drug-likeness (QED) is 0.569. The van der Waals surface area contributed by atoms with Crippen LogP contribution < -0.4 is 0 Å². The average Bonchev–Trinajstić information content (AvgIpc) is 3.23. The second-order valence-electron chi connectivity index (χ2n) is 8.07. The Bertz CT molecular complexity index is 1120. The fourth-order valence-corrected chi connectivity index (χ4v) is 4.75. The van der Waals surface area contributed by atoms with E-state index in [0.717, 1.165) is 22.2 Å². The zero-order valence-corrected chi connectivity index (χ0v) is 17.2. The van der Waals surface area contributed by atoms with Gasteiger partial charge in [0.2, 0.25) is 0 Å². The maximum atomic E-state index is 11.0. The van der Waals surface area contributed by atoms with Gasteiger partial charge in [0.15, 0.2) is 12.5 Å². The van der Waals surface area contributed by atoms with Crippen LogP contribution in [0.25, 0.3) is 11.0 Å². The first-order valence-electron chi connectivity index (χ1n) is 9.73. The van der Waals surface area contributed by atoms with Crippen molar-refractivity contribution in [1.82, 2.24) is 14.5 Å². The number of aryl methyl sites for hydroxylation is 1. The number of fused-ring (bicyclic) bond motifs is 2. The number of hydrogen-bond donors (Lipinski definition) is 3. The highest BCUT2D eigenvalue weighted by molar-refractivity contribution is 6.30. The third-order valence-corrected chi connectivity index (χ3v) is 6.39. The molecule has 1 fully saturated rings. The van der Waals surface area contributed by atoms with Crippen molar-refractivity contribution in [3.63, 3.8) is 0 Å². The number of benzene rings is 1. The summed E-state index contributed by atoms with van der Waals surface area (Å²) in [6.07, 6.45) is -1.80. The van der Waals surface area contributed by atoms with Crippen LogP contribution in [-0.2, 0) is 15.9 Å². The number of rotatable bonds is 2. The molecular formula is C21H22ClN3O5. The van der Waals surface area contributed by atoms with Crippen LogP contribution in [0.5, 0.6) is 0 Å². The average molecular weight is 432 g/mol. The first-order chi connectivity index (χ1) is 14.3. The number of aromatic nitrogens is 3. The molecule has 8 nitrogen and oxygen atoms in total. The van der Waals surface area contributed by atoms with Gasteiger partial charge in [-0.25, -0.2) is 9.97 Å². The Kier molecular flexibility index (Phi) is 4.62. The molecule has 1 saturated heterocycles. The lowest BCUT2D eigenvalue weighted by atomic mass is 9.83. The van der Waals surface area contributed by atoms with E-state index in [9.17, 15) is 15.3 Å². The van der Waals surface area contributed by atoms with Crippen LogP contribution in [-0.4, -0.2) is 54.0 Å². The maximum absolute atomic E-state index is 11.0. The molecular weight excluding hydrogens is 410 g/mol. The van der Waals surface area contributed by atoms with E-state index >= 15 is 0 Å². The van der Waals surface area contributed by atoms with Crippen LogP contribution in [0.15, 0.2) is 36.8 Å². The monoisotopic (exact) mass is 431 g/mol. The van der Waals surface area contributed by atoms with E-state index in [1.165, 1.54) is 6.33 Å². The van der Waals surface area contributed by atoms with E-state index in [4.69, 9.17) is 21.1 Å². The summed E-state index contributed by atoms with van der Waals surface area (Å²) in [6.45, 7) is 3.55. The molecule has 1 aromatic carbocycles.